The first-order valence-corrected chi connectivity index (χ1v) is 8.65. The lowest BCUT2D eigenvalue weighted by Crippen LogP contribution is -2.62. The highest BCUT2D eigenvalue weighted by Gasteiger charge is 2.64. The predicted octanol–water partition coefficient (Wildman–Crippen LogP) is 2.38. The topological polar surface area (TPSA) is 35.5 Å². The number of para-hydroxylation sites is 1. The molecular formula is C19H24N2O. The van der Waals surface area contributed by atoms with Gasteiger partial charge in [-0.05, 0) is 43.9 Å². The summed E-state index contributed by atoms with van der Waals surface area (Å²) >= 11 is 0. The largest absolute Gasteiger partial charge is 0.396 e. The van der Waals surface area contributed by atoms with Crippen molar-refractivity contribution in [1.29, 1.82) is 0 Å². The second-order valence-electron chi connectivity index (χ2n) is 7.50. The molecule has 22 heavy (non-hydrogen) atoms. The summed E-state index contributed by atoms with van der Waals surface area (Å²) in [6, 6.07) is 9.89. The molecule has 3 heteroatoms. The van der Waals surface area contributed by atoms with Crippen molar-refractivity contribution in [2.45, 2.75) is 37.3 Å². The van der Waals surface area contributed by atoms with E-state index < -0.39 is 0 Å². The second kappa shape index (κ2) is 4.36. The molecule has 1 saturated carbocycles. The lowest BCUT2D eigenvalue weighted by atomic mass is 9.56. The zero-order chi connectivity index (χ0) is 14.9. The van der Waals surface area contributed by atoms with E-state index in [1.165, 1.54) is 30.6 Å². The molecule has 3 heterocycles. The first kappa shape index (κ1) is 13.1. The zero-order valence-electron chi connectivity index (χ0n) is 13.1. The molecule has 1 spiro atoms. The Kier molecular flexibility index (Phi) is 2.61. The maximum Gasteiger partial charge on any atom is 0.0484 e. The van der Waals surface area contributed by atoms with Crippen LogP contribution in [-0.4, -0.2) is 41.8 Å². The molecule has 1 aromatic carbocycles. The van der Waals surface area contributed by atoms with Crippen molar-refractivity contribution >= 4 is 5.69 Å². The zero-order valence-corrected chi connectivity index (χ0v) is 13.1. The number of aliphatic hydroxyl groups excluding tert-OH is 1. The number of allylic oxidation sites excluding steroid dienone is 1. The minimum atomic E-state index is 0.222. The minimum Gasteiger partial charge on any atom is -0.396 e. The average Bonchev–Trinajstić information content (AvgIpc) is 3.11. The summed E-state index contributed by atoms with van der Waals surface area (Å²) in [5.41, 5.74) is 4.58. The van der Waals surface area contributed by atoms with Crippen LogP contribution in [0.25, 0.3) is 0 Å². The number of nitrogens with zero attached hydrogens (tertiary/aromatic N) is 1. The van der Waals surface area contributed by atoms with Gasteiger partial charge in [0.25, 0.3) is 0 Å². The van der Waals surface area contributed by atoms with Gasteiger partial charge in [0.1, 0.15) is 0 Å². The Morgan fingerprint density at radius 2 is 2.27 bits per heavy atom. The van der Waals surface area contributed by atoms with Crippen LogP contribution in [0.2, 0.25) is 0 Å². The van der Waals surface area contributed by atoms with E-state index in [4.69, 9.17) is 0 Å². The fraction of sp³-hybridized carbons (Fsp3) is 0.579. The quantitative estimate of drug-likeness (QED) is 0.781. The maximum absolute atomic E-state index is 10.2. The van der Waals surface area contributed by atoms with E-state index >= 15 is 0 Å². The summed E-state index contributed by atoms with van der Waals surface area (Å²) in [7, 11) is 0. The molecule has 3 nitrogen and oxygen atoms in total. The number of fused-ring (bicyclic) bond motifs is 2. The second-order valence-corrected chi connectivity index (χ2v) is 7.50. The monoisotopic (exact) mass is 296 g/mol. The molecule has 2 N–H and O–H groups in total. The van der Waals surface area contributed by atoms with Crippen LogP contribution < -0.4 is 5.32 Å². The molecule has 4 unspecified atom stereocenters. The van der Waals surface area contributed by atoms with E-state index in [1.54, 1.807) is 5.57 Å². The van der Waals surface area contributed by atoms with E-state index in [9.17, 15) is 5.11 Å². The van der Waals surface area contributed by atoms with Crippen LogP contribution in [0, 0.1) is 11.8 Å². The molecule has 2 saturated heterocycles. The number of hydrogen-bond donors (Lipinski definition) is 2. The van der Waals surface area contributed by atoms with Crippen LogP contribution in [0.3, 0.4) is 0 Å². The molecule has 0 aromatic heterocycles. The Bertz CT molecular complexity index is 655. The summed E-state index contributed by atoms with van der Waals surface area (Å²) in [5.74, 6) is 0.893. The van der Waals surface area contributed by atoms with Gasteiger partial charge in [-0.2, -0.15) is 0 Å². The summed E-state index contributed by atoms with van der Waals surface area (Å²) in [5, 5.41) is 14.0. The van der Waals surface area contributed by atoms with E-state index in [2.05, 4.69) is 47.5 Å². The summed E-state index contributed by atoms with van der Waals surface area (Å²) in [6.07, 6.45) is 4.75. The molecule has 1 aromatic rings. The molecule has 116 valence electrons. The SMILES string of the molecule is C/C=C1/CN2CCC34c5ccccc5NC3C(CO)[C@@H]1CC24. The van der Waals surface area contributed by atoms with Crippen LogP contribution in [-0.2, 0) is 5.41 Å². The summed E-state index contributed by atoms with van der Waals surface area (Å²) < 4.78 is 0. The molecule has 1 aliphatic carbocycles. The summed E-state index contributed by atoms with van der Waals surface area (Å²) in [4.78, 5) is 2.70. The van der Waals surface area contributed by atoms with Crippen molar-refractivity contribution in [2.24, 2.45) is 11.8 Å². The fourth-order valence-electron chi connectivity index (χ4n) is 6.13. The van der Waals surface area contributed by atoms with Gasteiger partial charge >= 0.3 is 0 Å². The Balaban J connectivity index is 1.71. The first-order valence-electron chi connectivity index (χ1n) is 8.65. The number of aliphatic hydroxyl groups is 1. The minimum absolute atomic E-state index is 0.222. The average molecular weight is 296 g/mol. The number of benzene rings is 1. The smallest absolute Gasteiger partial charge is 0.0484 e. The number of rotatable bonds is 1. The van der Waals surface area contributed by atoms with E-state index in [0.717, 1.165) is 6.54 Å². The first-order chi connectivity index (χ1) is 10.8. The highest BCUT2D eigenvalue weighted by molar-refractivity contribution is 5.65. The number of anilines is 1. The third-order valence-corrected chi connectivity index (χ3v) is 7.01. The Hall–Kier alpha value is -1.32. The lowest BCUT2D eigenvalue weighted by molar-refractivity contribution is 0.0298. The molecule has 0 amide bonds. The van der Waals surface area contributed by atoms with Gasteiger partial charge in [0.15, 0.2) is 0 Å². The van der Waals surface area contributed by atoms with Gasteiger partial charge in [-0.25, -0.2) is 0 Å². The summed E-state index contributed by atoms with van der Waals surface area (Å²) in [6.45, 7) is 4.76. The van der Waals surface area contributed by atoms with Crippen LogP contribution >= 0.6 is 0 Å². The van der Waals surface area contributed by atoms with Crippen LogP contribution in [0.4, 0.5) is 5.69 Å². The Labute approximate surface area is 132 Å². The van der Waals surface area contributed by atoms with Gasteiger partial charge in [0.05, 0.1) is 0 Å². The van der Waals surface area contributed by atoms with Gasteiger partial charge in [0.2, 0.25) is 0 Å². The van der Waals surface area contributed by atoms with Crippen LogP contribution in [0.15, 0.2) is 35.9 Å². The van der Waals surface area contributed by atoms with Crippen molar-refractivity contribution in [1.82, 2.24) is 4.90 Å². The normalized spacial score (nSPS) is 43.8. The number of hydrogen-bond acceptors (Lipinski definition) is 3. The predicted molar refractivity (Wildman–Crippen MR) is 87.9 cm³/mol. The van der Waals surface area contributed by atoms with E-state index in [-0.39, 0.29) is 5.41 Å². The Morgan fingerprint density at radius 3 is 3.09 bits per heavy atom. The third kappa shape index (κ3) is 1.35. The van der Waals surface area contributed by atoms with Crippen molar-refractivity contribution in [3.63, 3.8) is 0 Å². The third-order valence-electron chi connectivity index (χ3n) is 7.01. The van der Waals surface area contributed by atoms with E-state index in [1.807, 2.05) is 0 Å². The van der Waals surface area contributed by atoms with Gasteiger partial charge in [0, 0.05) is 42.3 Å². The van der Waals surface area contributed by atoms with Crippen molar-refractivity contribution in [3.05, 3.63) is 41.5 Å². The molecule has 3 aliphatic heterocycles. The van der Waals surface area contributed by atoms with Crippen LogP contribution in [0.5, 0.6) is 0 Å². The molecule has 2 bridgehead atoms. The Morgan fingerprint density at radius 1 is 1.41 bits per heavy atom. The standard InChI is InChI=1S/C19H24N2O/c1-2-12-10-21-8-7-19-15-5-3-4-6-16(15)20-18(19)14(11-22)13(12)9-17(19)21/h2-6,13-14,17-18,20,22H,7-11H2,1H3/b12-2-/t13-,14?,17?,18?,19?/m1/s1. The maximum atomic E-state index is 10.2. The molecular weight excluding hydrogens is 272 g/mol. The molecule has 0 radical (unpaired) electrons. The molecule has 5 atom stereocenters. The van der Waals surface area contributed by atoms with Gasteiger partial charge in [-0.1, -0.05) is 29.8 Å². The highest BCUT2D eigenvalue weighted by atomic mass is 16.3. The van der Waals surface area contributed by atoms with Crippen LogP contribution in [0.1, 0.15) is 25.3 Å². The van der Waals surface area contributed by atoms with Gasteiger partial charge in [-0.15, -0.1) is 0 Å². The number of piperidine rings is 1. The van der Waals surface area contributed by atoms with Gasteiger partial charge in [-0.3, -0.25) is 4.90 Å². The molecule has 5 rings (SSSR count). The van der Waals surface area contributed by atoms with Crippen molar-refractivity contribution in [3.8, 4) is 0 Å². The number of nitrogens with one attached hydrogen (secondary N) is 1. The highest BCUT2D eigenvalue weighted by Crippen LogP contribution is 2.60. The van der Waals surface area contributed by atoms with Gasteiger partial charge < -0.3 is 10.4 Å². The molecule has 4 aliphatic rings. The van der Waals surface area contributed by atoms with E-state index in [0.29, 0.717) is 30.5 Å². The van der Waals surface area contributed by atoms with Crippen molar-refractivity contribution in [2.75, 3.05) is 25.0 Å². The lowest BCUT2D eigenvalue weighted by Gasteiger charge is -2.54. The van der Waals surface area contributed by atoms with Crippen molar-refractivity contribution < 1.29 is 5.11 Å². The molecule has 3 fully saturated rings. The fourth-order valence-corrected chi connectivity index (χ4v) is 6.13.